The average Bonchev–Trinajstić information content (AvgIpc) is 3.15. The predicted octanol–water partition coefficient (Wildman–Crippen LogP) is 4.39. The summed E-state index contributed by atoms with van der Waals surface area (Å²) in [5, 5.41) is 3.70. The van der Waals surface area contributed by atoms with E-state index in [9.17, 15) is 9.18 Å². The van der Waals surface area contributed by atoms with Crippen molar-refractivity contribution < 1.29 is 18.4 Å². The Kier molecular flexibility index (Phi) is 6.46. The molecule has 29 heavy (non-hydrogen) atoms. The minimum absolute atomic E-state index is 0.0198. The number of rotatable bonds is 4. The molecule has 1 aliphatic heterocycles. The van der Waals surface area contributed by atoms with Crippen LogP contribution in [0.25, 0.3) is 5.70 Å². The normalized spacial score (nSPS) is 18.1. The molecule has 1 atom stereocenters. The lowest BCUT2D eigenvalue weighted by atomic mass is 9.96. The summed E-state index contributed by atoms with van der Waals surface area (Å²) in [6, 6.07) is 4.64. The van der Waals surface area contributed by atoms with Crippen molar-refractivity contribution in [1.29, 1.82) is 0 Å². The van der Waals surface area contributed by atoms with Gasteiger partial charge in [-0.05, 0) is 57.4 Å². The van der Waals surface area contributed by atoms with Gasteiger partial charge in [-0.1, -0.05) is 11.2 Å². The number of amides is 1. The molecule has 7 heteroatoms. The van der Waals surface area contributed by atoms with Crippen molar-refractivity contribution in [3.05, 3.63) is 58.7 Å². The molecule has 1 saturated heterocycles. The Morgan fingerprint density at radius 2 is 2.17 bits per heavy atom. The number of allylic oxidation sites excluding steroid dienone is 1. The van der Waals surface area contributed by atoms with Crippen LogP contribution in [0.2, 0.25) is 0 Å². The van der Waals surface area contributed by atoms with E-state index in [1.54, 1.807) is 25.0 Å². The van der Waals surface area contributed by atoms with Crippen LogP contribution < -0.4 is 0 Å². The van der Waals surface area contributed by atoms with Gasteiger partial charge in [-0.2, -0.15) is 0 Å². The number of halogens is 1. The number of benzene rings is 1. The molecular weight excluding hydrogens is 373 g/mol. The fraction of sp³-hybridized carbons (Fsp3) is 0.409. The zero-order valence-electron chi connectivity index (χ0n) is 17.2. The number of methoxy groups -OCH3 is 1. The molecule has 3 rings (SSSR count). The SMILES string of the molecule is C/C=C(/N=C(OC)[C@H]1CCCN(C(=O)c2cnoc2C)C1)c1ccc(F)cc1C. The van der Waals surface area contributed by atoms with Gasteiger partial charge >= 0.3 is 0 Å². The van der Waals surface area contributed by atoms with Gasteiger partial charge < -0.3 is 14.2 Å². The first-order valence-electron chi connectivity index (χ1n) is 9.70. The maximum absolute atomic E-state index is 13.5. The van der Waals surface area contributed by atoms with Gasteiger partial charge in [0.05, 0.1) is 24.9 Å². The molecule has 0 aliphatic carbocycles. The van der Waals surface area contributed by atoms with Crippen molar-refractivity contribution in [2.24, 2.45) is 10.9 Å². The van der Waals surface area contributed by atoms with E-state index in [1.165, 1.54) is 18.3 Å². The smallest absolute Gasteiger partial charge is 0.259 e. The number of ether oxygens (including phenoxy) is 1. The van der Waals surface area contributed by atoms with Gasteiger partial charge in [0.25, 0.3) is 5.91 Å². The van der Waals surface area contributed by atoms with Crippen LogP contribution in [-0.4, -0.2) is 42.1 Å². The maximum Gasteiger partial charge on any atom is 0.259 e. The number of carbonyl (C=O) groups is 1. The van der Waals surface area contributed by atoms with Crippen molar-refractivity contribution in [2.75, 3.05) is 20.2 Å². The number of aliphatic imine (C=N–C) groups is 1. The minimum Gasteiger partial charge on any atom is -0.484 e. The van der Waals surface area contributed by atoms with Crippen LogP contribution in [0.4, 0.5) is 4.39 Å². The zero-order valence-corrected chi connectivity index (χ0v) is 17.2. The number of likely N-dealkylation sites (tertiary alicyclic amines) is 1. The summed E-state index contributed by atoms with van der Waals surface area (Å²) in [7, 11) is 1.59. The zero-order chi connectivity index (χ0) is 21.0. The molecule has 0 unspecified atom stereocenters. The van der Waals surface area contributed by atoms with Crippen LogP contribution in [-0.2, 0) is 4.74 Å². The van der Waals surface area contributed by atoms with E-state index < -0.39 is 0 Å². The summed E-state index contributed by atoms with van der Waals surface area (Å²) in [4.78, 5) is 19.3. The van der Waals surface area contributed by atoms with Crippen molar-refractivity contribution >= 4 is 17.5 Å². The van der Waals surface area contributed by atoms with Gasteiger partial charge in [0.1, 0.15) is 17.1 Å². The third kappa shape index (κ3) is 4.55. The molecule has 154 valence electrons. The first-order valence-corrected chi connectivity index (χ1v) is 9.70. The lowest BCUT2D eigenvalue weighted by Gasteiger charge is -2.32. The Hall–Kier alpha value is -2.96. The van der Waals surface area contributed by atoms with Crippen LogP contribution in [0.3, 0.4) is 0 Å². The Bertz CT molecular complexity index is 949. The first kappa shape index (κ1) is 20.8. The Morgan fingerprint density at radius 3 is 2.79 bits per heavy atom. The molecular formula is C22H26FN3O3. The van der Waals surface area contributed by atoms with Crippen molar-refractivity contribution in [3.63, 3.8) is 0 Å². The molecule has 0 radical (unpaired) electrons. The van der Waals surface area contributed by atoms with E-state index in [0.717, 1.165) is 29.7 Å². The van der Waals surface area contributed by atoms with Crippen molar-refractivity contribution in [3.8, 4) is 0 Å². The molecule has 2 aromatic rings. The van der Waals surface area contributed by atoms with Gasteiger partial charge in [-0.25, -0.2) is 9.38 Å². The summed E-state index contributed by atoms with van der Waals surface area (Å²) >= 11 is 0. The second-order valence-electron chi connectivity index (χ2n) is 7.17. The fourth-order valence-electron chi connectivity index (χ4n) is 3.65. The lowest BCUT2D eigenvalue weighted by Crippen LogP contribution is -2.42. The van der Waals surface area contributed by atoms with Gasteiger partial charge in [0.2, 0.25) is 0 Å². The largest absolute Gasteiger partial charge is 0.484 e. The van der Waals surface area contributed by atoms with Crippen molar-refractivity contribution in [1.82, 2.24) is 10.1 Å². The molecule has 1 aromatic heterocycles. The number of hydrogen-bond donors (Lipinski definition) is 0. The topological polar surface area (TPSA) is 67.9 Å². The molecule has 1 aromatic carbocycles. The van der Waals surface area contributed by atoms with Gasteiger partial charge in [-0.3, -0.25) is 4.79 Å². The second kappa shape index (κ2) is 9.03. The molecule has 0 N–H and O–H groups in total. The molecule has 1 aliphatic rings. The van der Waals surface area contributed by atoms with Crippen LogP contribution in [0.5, 0.6) is 0 Å². The lowest BCUT2D eigenvalue weighted by molar-refractivity contribution is 0.0693. The predicted molar refractivity (Wildman–Crippen MR) is 109 cm³/mol. The van der Waals surface area contributed by atoms with Gasteiger partial charge in [0, 0.05) is 18.7 Å². The average molecular weight is 399 g/mol. The number of aromatic nitrogens is 1. The monoisotopic (exact) mass is 399 g/mol. The van der Waals surface area contributed by atoms with E-state index in [4.69, 9.17) is 14.3 Å². The molecule has 1 fully saturated rings. The van der Waals surface area contributed by atoms with Crippen LogP contribution in [0.15, 0.2) is 40.0 Å². The number of nitrogens with zero attached hydrogens (tertiary/aromatic N) is 3. The number of carbonyl (C=O) groups excluding carboxylic acids is 1. The van der Waals surface area contributed by atoms with E-state index in [0.29, 0.717) is 30.3 Å². The summed E-state index contributed by atoms with van der Waals surface area (Å²) in [6.45, 7) is 6.65. The fourth-order valence-corrected chi connectivity index (χ4v) is 3.65. The van der Waals surface area contributed by atoms with Gasteiger partial charge in [0.15, 0.2) is 5.90 Å². The molecule has 0 spiro atoms. The third-order valence-corrected chi connectivity index (χ3v) is 5.22. The summed E-state index contributed by atoms with van der Waals surface area (Å²) in [6.07, 6.45) is 5.07. The number of aryl methyl sites for hydroxylation is 2. The number of hydrogen-bond acceptors (Lipinski definition) is 5. The van der Waals surface area contributed by atoms with E-state index >= 15 is 0 Å². The summed E-state index contributed by atoms with van der Waals surface area (Å²) in [5.74, 6) is 0.698. The Labute approximate surface area is 170 Å². The quantitative estimate of drug-likeness (QED) is 0.565. The van der Waals surface area contributed by atoms with Gasteiger partial charge in [-0.15, -0.1) is 0 Å². The van der Waals surface area contributed by atoms with Crippen LogP contribution >= 0.6 is 0 Å². The second-order valence-corrected chi connectivity index (χ2v) is 7.17. The summed E-state index contributed by atoms with van der Waals surface area (Å²) in [5.41, 5.74) is 2.86. The molecule has 6 nitrogen and oxygen atoms in total. The van der Waals surface area contributed by atoms with E-state index in [2.05, 4.69) is 5.16 Å². The highest BCUT2D eigenvalue weighted by atomic mass is 19.1. The van der Waals surface area contributed by atoms with Crippen molar-refractivity contribution in [2.45, 2.75) is 33.6 Å². The minimum atomic E-state index is -0.275. The Morgan fingerprint density at radius 1 is 1.38 bits per heavy atom. The van der Waals surface area contributed by atoms with Crippen LogP contribution in [0.1, 0.15) is 47.0 Å². The highest BCUT2D eigenvalue weighted by molar-refractivity contribution is 5.95. The third-order valence-electron chi connectivity index (χ3n) is 5.22. The molecule has 0 bridgehead atoms. The highest BCUT2D eigenvalue weighted by Gasteiger charge is 2.30. The standard InChI is InChI=1S/C22H26FN3O3/c1-5-20(18-9-8-17(23)11-14(18)2)25-21(28-4)16-7-6-10-26(13-16)22(27)19-12-24-29-15(19)3/h5,8-9,11-12,16H,6-7,10,13H2,1-4H3/b20-5+,25-21?/t16-/m0/s1. The molecule has 0 saturated carbocycles. The summed E-state index contributed by atoms with van der Waals surface area (Å²) < 4.78 is 24.1. The highest BCUT2D eigenvalue weighted by Crippen LogP contribution is 2.26. The first-order chi connectivity index (χ1) is 13.9. The van der Waals surface area contributed by atoms with E-state index in [-0.39, 0.29) is 17.6 Å². The van der Waals surface area contributed by atoms with Crippen LogP contribution in [0, 0.1) is 25.6 Å². The molecule has 2 heterocycles. The maximum atomic E-state index is 13.5. The van der Waals surface area contributed by atoms with E-state index in [1.807, 2.05) is 19.9 Å². The molecule has 1 amide bonds. The number of piperidine rings is 1. The Balaban J connectivity index is 1.82.